The van der Waals surface area contributed by atoms with Crippen molar-refractivity contribution in [3.05, 3.63) is 48.0 Å². The third-order valence-corrected chi connectivity index (χ3v) is 2.83. The maximum Gasteiger partial charge on any atom is 0.224 e. The minimum atomic E-state index is -0.513. The minimum Gasteiger partial charge on any atom is -0.392 e. The molecule has 0 aliphatic carbocycles. The minimum absolute atomic E-state index is 0.0627. The Bertz CT molecular complexity index is 544. The van der Waals surface area contributed by atoms with E-state index in [4.69, 9.17) is 5.11 Å². The Morgan fingerprint density at radius 2 is 1.94 bits per heavy atom. The zero-order valence-corrected chi connectivity index (χ0v) is 10.4. The molecule has 94 valence electrons. The molecule has 0 saturated carbocycles. The lowest BCUT2D eigenvalue weighted by Gasteiger charge is -2.09. The van der Waals surface area contributed by atoms with Gasteiger partial charge in [-0.3, -0.25) is 4.79 Å². The Balaban J connectivity index is 2.14. The Morgan fingerprint density at radius 3 is 2.72 bits per heavy atom. The fraction of sp³-hybridized carbons (Fsp3) is 0.267. The highest BCUT2D eigenvalue weighted by Gasteiger charge is 2.07. The summed E-state index contributed by atoms with van der Waals surface area (Å²) in [6.07, 6.45) is -0.171. The Kier molecular flexibility index (Phi) is 3.95. The molecule has 0 radical (unpaired) electrons. The van der Waals surface area contributed by atoms with Gasteiger partial charge >= 0.3 is 0 Å². The summed E-state index contributed by atoms with van der Waals surface area (Å²) in [5, 5.41) is 14.1. The van der Waals surface area contributed by atoms with Crippen LogP contribution in [0.4, 0.5) is 0 Å². The Labute approximate surface area is 106 Å². The van der Waals surface area contributed by atoms with Gasteiger partial charge in [-0.05, 0) is 23.3 Å². The van der Waals surface area contributed by atoms with Crippen molar-refractivity contribution in [3.63, 3.8) is 0 Å². The van der Waals surface area contributed by atoms with Crippen LogP contribution < -0.4 is 5.32 Å². The van der Waals surface area contributed by atoms with Crippen LogP contribution in [0.3, 0.4) is 0 Å². The second-order valence-electron chi connectivity index (χ2n) is 4.47. The summed E-state index contributed by atoms with van der Waals surface area (Å²) in [6.45, 7) is 1.95. The molecule has 3 heteroatoms. The van der Waals surface area contributed by atoms with Crippen molar-refractivity contribution in [2.45, 2.75) is 19.4 Å². The van der Waals surface area contributed by atoms with Gasteiger partial charge in [0.05, 0.1) is 12.5 Å². The number of hydrogen-bond acceptors (Lipinski definition) is 2. The van der Waals surface area contributed by atoms with Crippen molar-refractivity contribution in [2.24, 2.45) is 0 Å². The lowest BCUT2D eigenvalue weighted by atomic mass is 10.0. The van der Waals surface area contributed by atoms with Gasteiger partial charge in [0.25, 0.3) is 0 Å². The molecule has 0 unspecified atom stereocenters. The monoisotopic (exact) mass is 243 g/mol. The van der Waals surface area contributed by atoms with Gasteiger partial charge in [0.15, 0.2) is 0 Å². The van der Waals surface area contributed by atoms with E-state index in [2.05, 4.69) is 5.32 Å². The van der Waals surface area contributed by atoms with Crippen LogP contribution in [0.25, 0.3) is 10.8 Å². The first-order valence-electron chi connectivity index (χ1n) is 6.08. The van der Waals surface area contributed by atoms with Crippen LogP contribution in [0.5, 0.6) is 0 Å². The molecule has 0 aliphatic heterocycles. The summed E-state index contributed by atoms with van der Waals surface area (Å²) in [7, 11) is 0. The largest absolute Gasteiger partial charge is 0.392 e. The van der Waals surface area contributed by atoms with E-state index < -0.39 is 6.10 Å². The number of aliphatic hydroxyl groups is 1. The van der Waals surface area contributed by atoms with E-state index in [1.54, 1.807) is 6.92 Å². The van der Waals surface area contributed by atoms with Crippen LogP contribution >= 0.6 is 0 Å². The van der Waals surface area contributed by atoms with Crippen molar-refractivity contribution in [3.8, 4) is 0 Å². The standard InChI is InChI=1S/C15H17NO2/c1-11(17)10-16-15(18)9-13-7-4-6-12-5-2-3-8-14(12)13/h2-8,11,17H,9-10H2,1H3,(H,16,18)/t11-/m0/s1. The molecule has 0 fully saturated rings. The second-order valence-corrected chi connectivity index (χ2v) is 4.47. The van der Waals surface area contributed by atoms with Crippen LogP contribution in [-0.4, -0.2) is 23.7 Å². The molecule has 1 amide bonds. The number of fused-ring (bicyclic) bond motifs is 1. The topological polar surface area (TPSA) is 49.3 Å². The van der Waals surface area contributed by atoms with Crippen LogP contribution in [0.1, 0.15) is 12.5 Å². The summed E-state index contributed by atoms with van der Waals surface area (Å²) in [5.41, 5.74) is 1.01. The number of nitrogens with one attached hydrogen (secondary N) is 1. The Hall–Kier alpha value is -1.87. The second kappa shape index (κ2) is 5.65. The third-order valence-electron chi connectivity index (χ3n) is 2.83. The quantitative estimate of drug-likeness (QED) is 0.861. The van der Waals surface area contributed by atoms with Crippen LogP contribution in [-0.2, 0) is 11.2 Å². The molecule has 2 aromatic rings. The smallest absolute Gasteiger partial charge is 0.224 e. The fourth-order valence-corrected chi connectivity index (χ4v) is 1.94. The number of carbonyl (C=O) groups is 1. The number of aliphatic hydroxyl groups excluding tert-OH is 1. The SMILES string of the molecule is C[C@H](O)CNC(=O)Cc1cccc2ccccc12. The van der Waals surface area contributed by atoms with E-state index in [1.165, 1.54) is 0 Å². The van der Waals surface area contributed by atoms with Gasteiger partial charge in [-0.2, -0.15) is 0 Å². The molecule has 3 nitrogen and oxygen atoms in total. The average Bonchev–Trinajstić information content (AvgIpc) is 2.37. The van der Waals surface area contributed by atoms with Gasteiger partial charge in [0.2, 0.25) is 5.91 Å². The lowest BCUT2D eigenvalue weighted by Crippen LogP contribution is -2.31. The number of carbonyl (C=O) groups excluding carboxylic acids is 1. The van der Waals surface area contributed by atoms with E-state index in [0.717, 1.165) is 16.3 Å². The summed E-state index contributed by atoms with van der Waals surface area (Å²) in [4.78, 5) is 11.7. The molecule has 18 heavy (non-hydrogen) atoms. The van der Waals surface area contributed by atoms with Crippen molar-refractivity contribution in [2.75, 3.05) is 6.54 Å². The molecular weight excluding hydrogens is 226 g/mol. The zero-order valence-electron chi connectivity index (χ0n) is 10.4. The zero-order chi connectivity index (χ0) is 13.0. The van der Waals surface area contributed by atoms with E-state index in [1.807, 2.05) is 42.5 Å². The van der Waals surface area contributed by atoms with Gasteiger partial charge in [0.1, 0.15) is 0 Å². The maximum absolute atomic E-state index is 11.7. The summed E-state index contributed by atoms with van der Waals surface area (Å²) >= 11 is 0. The van der Waals surface area contributed by atoms with E-state index in [9.17, 15) is 4.79 Å². The van der Waals surface area contributed by atoms with Gasteiger partial charge in [-0.25, -0.2) is 0 Å². The van der Waals surface area contributed by atoms with Gasteiger partial charge in [0, 0.05) is 6.54 Å². The number of rotatable bonds is 4. The van der Waals surface area contributed by atoms with E-state index >= 15 is 0 Å². The highest BCUT2D eigenvalue weighted by molar-refractivity contribution is 5.90. The molecule has 0 heterocycles. The molecule has 1 atom stereocenters. The summed E-state index contributed by atoms with van der Waals surface area (Å²) in [6, 6.07) is 14.0. The van der Waals surface area contributed by atoms with Crippen LogP contribution in [0, 0.1) is 0 Å². The fourth-order valence-electron chi connectivity index (χ4n) is 1.94. The molecule has 2 N–H and O–H groups in total. The predicted octanol–water partition coefficient (Wildman–Crippen LogP) is 1.88. The van der Waals surface area contributed by atoms with Crippen molar-refractivity contribution >= 4 is 16.7 Å². The molecule has 0 aliphatic rings. The normalized spacial score (nSPS) is 12.3. The van der Waals surface area contributed by atoms with E-state index in [0.29, 0.717) is 13.0 Å². The van der Waals surface area contributed by atoms with Crippen molar-refractivity contribution in [1.82, 2.24) is 5.32 Å². The summed E-state index contributed by atoms with van der Waals surface area (Å²) in [5.74, 6) is -0.0627. The van der Waals surface area contributed by atoms with Crippen molar-refractivity contribution < 1.29 is 9.90 Å². The maximum atomic E-state index is 11.7. The van der Waals surface area contributed by atoms with Gasteiger partial charge < -0.3 is 10.4 Å². The van der Waals surface area contributed by atoms with Crippen molar-refractivity contribution in [1.29, 1.82) is 0 Å². The first kappa shape index (κ1) is 12.6. The van der Waals surface area contributed by atoms with E-state index in [-0.39, 0.29) is 5.91 Å². The first-order chi connectivity index (χ1) is 8.66. The first-order valence-corrected chi connectivity index (χ1v) is 6.08. The molecule has 2 aromatic carbocycles. The predicted molar refractivity (Wildman–Crippen MR) is 72.3 cm³/mol. The van der Waals surface area contributed by atoms with Gasteiger partial charge in [-0.1, -0.05) is 42.5 Å². The molecule has 0 saturated heterocycles. The highest BCUT2D eigenvalue weighted by atomic mass is 16.3. The molecular formula is C15H17NO2. The molecule has 2 rings (SSSR count). The lowest BCUT2D eigenvalue weighted by molar-refractivity contribution is -0.120. The van der Waals surface area contributed by atoms with Crippen LogP contribution in [0.2, 0.25) is 0 Å². The molecule has 0 bridgehead atoms. The number of benzene rings is 2. The highest BCUT2D eigenvalue weighted by Crippen LogP contribution is 2.18. The molecule has 0 spiro atoms. The average molecular weight is 243 g/mol. The number of hydrogen-bond donors (Lipinski definition) is 2. The van der Waals surface area contributed by atoms with Gasteiger partial charge in [-0.15, -0.1) is 0 Å². The Morgan fingerprint density at radius 1 is 1.22 bits per heavy atom. The number of amides is 1. The van der Waals surface area contributed by atoms with Crippen LogP contribution in [0.15, 0.2) is 42.5 Å². The molecule has 0 aromatic heterocycles. The summed E-state index contributed by atoms with van der Waals surface area (Å²) < 4.78 is 0. The third kappa shape index (κ3) is 3.08.